The van der Waals surface area contributed by atoms with E-state index in [1.165, 1.54) is 11.1 Å². The molecule has 1 saturated carbocycles. The van der Waals surface area contributed by atoms with Crippen LogP contribution in [0.1, 0.15) is 108 Å². The molecule has 33 heavy (non-hydrogen) atoms. The molecule has 1 fully saturated rings. The molecule has 1 rings (SSSR count). The minimum absolute atomic E-state index is 0.0132. The predicted octanol–water partition coefficient (Wildman–Crippen LogP) is 8.83. The van der Waals surface area contributed by atoms with Gasteiger partial charge in [0.2, 0.25) is 0 Å². The molecule has 0 heterocycles. The monoisotopic (exact) mass is 454 g/mol. The number of hydrogen-bond donors (Lipinski definition) is 0. The van der Waals surface area contributed by atoms with Gasteiger partial charge in [-0.05, 0) is 105 Å². The molecule has 0 saturated heterocycles. The Morgan fingerprint density at radius 3 is 1.88 bits per heavy atom. The van der Waals surface area contributed by atoms with Crippen LogP contribution >= 0.6 is 0 Å². The van der Waals surface area contributed by atoms with E-state index in [0.29, 0.717) is 6.42 Å². The van der Waals surface area contributed by atoms with Gasteiger partial charge in [0.1, 0.15) is 5.78 Å². The van der Waals surface area contributed by atoms with Crippen molar-refractivity contribution in [2.45, 2.75) is 108 Å². The Kier molecular flexibility index (Phi) is 9.91. The van der Waals surface area contributed by atoms with Crippen LogP contribution in [0, 0.1) is 28.1 Å². The molecule has 0 N–H and O–H groups in total. The van der Waals surface area contributed by atoms with Gasteiger partial charge in [-0.25, -0.2) is 0 Å². The molecule has 1 aliphatic rings. The van der Waals surface area contributed by atoms with Crippen LogP contribution in [0.25, 0.3) is 0 Å². The summed E-state index contributed by atoms with van der Waals surface area (Å²) in [6.07, 6.45) is 10.5. The third-order valence-corrected chi connectivity index (χ3v) is 8.19. The number of carbonyl (C=O) groups excluding carboxylic acids is 2. The molecule has 0 aromatic carbocycles. The van der Waals surface area contributed by atoms with Gasteiger partial charge in [0.05, 0.1) is 5.41 Å². The van der Waals surface area contributed by atoms with Crippen LogP contribution in [0.4, 0.5) is 0 Å². The van der Waals surface area contributed by atoms with Gasteiger partial charge in [0.15, 0.2) is 5.78 Å². The molecule has 0 aromatic rings. The Labute approximate surface area is 204 Å². The Morgan fingerprint density at radius 1 is 0.939 bits per heavy atom. The molecule has 0 aromatic heterocycles. The van der Waals surface area contributed by atoms with E-state index in [1.54, 1.807) is 6.92 Å². The molecule has 0 spiro atoms. The van der Waals surface area contributed by atoms with Crippen LogP contribution in [-0.2, 0) is 9.59 Å². The summed E-state index contributed by atoms with van der Waals surface area (Å²) in [5.74, 6) is 0.632. The Bertz CT molecular complexity index is 838. The van der Waals surface area contributed by atoms with Gasteiger partial charge in [-0.1, -0.05) is 67.9 Å². The van der Waals surface area contributed by atoms with Crippen LogP contribution in [0.5, 0.6) is 0 Å². The summed E-state index contributed by atoms with van der Waals surface area (Å²) in [6.45, 7) is 27.0. The maximum absolute atomic E-state index is 14.5. The zero-order valence-corrected chi connectivity index (χ0v) is 23.4. The molecule has 4 atom stereocenters. The van der Waals surface area contributed by atoms with E-state index >= 15 is 0 Å². The topological polar surface area (TPSA) is 34.1 Å². The maximum atomic E-state index is 14.5. The van der Waals surface area contributed by atoms with Crippen LogP contribution in [0.3, 0.4) is 0 Å². The van der Waals surface area contributed by atoms with E-state index in [0.717, 1.165) is 36.8 Å². The Balaban J connectivity index is 3.70. The molecule has 0 aliphatic heterocycles. The second kappa shape index (κ2) is 11.2. The summed E-state index contributed by atoms with van der Waals surface area (Å²) < 4.78 is 0. The van der Waals surface area contributed by atoms with Crippen LogP contribution in [0.2, 0.25) is 0 Å². The maximum Gasteiger partial charge on any atom is 0.153 e. The molecule has 0 amide bonds. The molecule has 2 heteroatoms. The summed E-state index contributed by atoms with van der Waals surface area (Å²) >= 11 is 0. The van der Waals surface area contributed by atoms with E-state index in [-0.39, 0.29) is 23.4 Å². The van der Waals surface area contributed by atoms with Gasteiger partial charge < -0.3 is 0 Å². The fraction of sp³-hybridized carbons (Fsp3) is 0.677. The van der Waals surface area contributed by atoms with Crippen molar-refractivity contribution in [3.63, 3.8) is 0 Å². The molecule has 2 nitrogen and oxygen atoms in total. The highest BCUT2D eigenvalue weighted by Gasteiger charge is 2.64. The number of hydrogen-bond acceptors (Lipinski definition) is 2. The first kappa shape index (κ1) is 29.3. The standard InChI is InChI=1S/C31H50O2/c1-21(2)13-15-26(24(7)8)19-30(12)20-27(16-14-22(3)4)29(10,11)31(25(9)32,28(30)33)18-17-23(5)6/h13-14,17,26-27H,7,15-16,18-20H2,1-6,8-12H3. The highest BCUT2D eigenvalue weighted by molar-refractivity contribution is 6.10. The predicted molar refractivity (Wildman–Crippen MR) is 143 cm³/mol. The number of rotatable bonds is 10. The molecule has 0 bridgehead atoms. The van der Waals surface area contributed by atoms with E-state index in [1.807, 2.05) is 13.8 Å². The second-order valence-electron chi connectivity index (χ2n) is 12.2. The van der Waals surface area contributed by atoms with Crippen molar-refractivity contribution in [3.8, 4) is 0 Å². The van der Waals surface area contributed by atoms with Crippen molar-refractivity contribution in [2.75, 3.05) is 0 Å². The molecule has 0 radical (unpaired) electrons. The molecule has 1 aliphatic carbocycles. The summed E-state index contributed by atoms with van der Waals surface area (Å²) in [6, 6.07) is 0. The summed E-state index contributed by atoms with van der Waals surface area (Å²) in [7, 11) is 0. The lowest BCUT2D eigenvalue weighted by atomic mass is 9.43. The molecular formula is C31H50O2. The number of ketones is 2. The smallest absolute Gasteiger partial charge is 0.153 e. The van der Waals surface area contributed by atoms with Crippen molar-refractivity contribution >= 4 is 11.6 Å². The van der Waals surface area contributed by atoms with Crippen molar-refractivity contribution in [1.29, 1.82) is 0 Å². The van der Waals surface area contributed by atoms with Gasteiger partial charge in [0, 0.05) is 5.41 Å². The highest BCUT2D eigenvalue weighted by atomic mass is 16.2. The van der Waals surface area contributed by atoms with E-state index in [2.05, 4.69) is 80.2 Å². The average molecular weight is 455 g/mol. The summed E-state index contributed by atoms with van der Waals surface area (Å²) in [4.78, 5) is 28.0. The summed E-state index contributed by atoms with van der Waals surface area (Å²) in [5, 5.41) is 0. The third-order valence-electron chi connectivity index (χ3n) is 8.19. The van der Waals surface area contributed by atoms with Crippen LogP contribution in [-0.4, -0.2) is 11.6 Å². The average Bonchev–Trinajstić information content (AvgIpc) is 2.66. The van der Waals surface area contributed by atoms with E-state index in [9.17, 15) is 9.59 Å². The first-order valence-corrected chi connectivity index (χ1v) is 12.6. The van der Waals surface area contributed by atoms with Crippen molar-refractivity contribution < 1.29 is 9.59 Å². The van der Waals surface area contributed by atoms with Gasteiger partial charge in [-0.3, -0.25) is 9.59 Å². The van der Waals surface area contributed by atoms with E-state index in [4.69, 9.17) is 0 Å². The minimum atomic E-state index is -1.01. The fourth-order valence-electron chi connectivity index (χ4n) is 5.83. The molecule has 186 valence electrons. The fourth-order valence-corrected chi connectivity index (χ4v) is 5.83. The minimum Gasteiger partial charge on any atom is -0.299 e. The van der Waals surface area contributed by atoms with Crippen molar-refractivity contribution in [1.82, 2.24) is 0 Å². The Morgan fingerprint density at radius 2 is 1.45 bits per heavy atom. The number of carbonyl (C=O) groups is 2. The third kappa shape index (κ3) is 6.46. The first-order valence-electron chi connectivity index (χ1n) is 12.6. The SMILES string of the molecule is C=C(C)C(CC=C(C)C)CC1(C)CC(CC=C(C)C)C(C)(C)C(CC=C(C)C)(C(C)=O)C1=O. The lowest BCUT2D eigenvalue weighted by Gasteiger charge is -2.58. The van der Waals surface area contributed by atoms with Gasteiger partial charge in [-0.2, -0.15) is 0 Å². The zero-order valence-electron chi connectivity index (χ0n) is 23.4. The largest absolute Gasteiger partial charge is 0.299 e. The van der Waals surface area contributed by atoms with Gasteiger partial charge in [0.25, 0.3) is 0 Å². The lowest BCUT2D eigenvalue weighted by Crippen LogP contribution is -2.62. The second-order valence-corrected chi connectivity index (χ2v) is 12.2. The highest BCUT2D eigenvalue weighted by Crippen LogP contribution is 2.61. The van der Waals surface area contributed by atoms with E-state index < -0.39 is 16.2 Å². The van der Waals surface area contributed by atoms with Gasteiger partial charge in [-0.15, -0.1) is 0 Å². The lowest BCUT2D eigenvalue weighted by molar-refractivity contribution is -0.169. The van der Waals surface area contributed by atoms with Crippen LogP contribution in [0.15, 0.2) is 47.1 Å². The number of allylic oxidation sites excluding steroid dienone is 7. The van der Waals surface area contributed by atoms with Crippen LogP contribution < -0.4 is 0 Å². The zero-order chi connectivity index (χ0) is 25.8. The number of Topliss-reactive ketones (excluding diaryl/α,β-unsaturated/α-hetero) is 2. The molecule has 4 unspecified atom stereocenters. The first-order chi connectivity index (χ1) is 15.0. The van der Waals surface area contributed by atoms with Crippen molar-refractivity contribution in [2.24, 2.45) is 28.1 Å². The quantitative estimate of drug-likeness (QED) is 0.244. The van der Waals surface area contributed by atoms with Gasteiger partial charge >= 0.3 is 0 Å². The van der Waals surface area contributed by atoms with Crippen molar-refractivity contribution in [3.05, 3.63) is 47.1 Å². The Hall–Kier alpha value is -1.70. The molecular weight excluding hydrogens is 404 g/mol. The summed E-state index contributed by atoms with van der Waals surface area (Å²) in [5.41, 5.74) is 2.84. The normalized spacial score (nSPS) is 27.4.